The van der Waals surface area contributed by atoms with Crippen LogP contribution in [-0.4, -0.2) is 54.3 Å². The lowest BCUT2D eigenvalue weighted by molar-refractivity contribution is -0.136. The predicted octanol–water partition coefficient (Wildman–Crippen LogP) is 4.16. The second-order valence-electron chi connectivity index (χ2n) is 8.26. The highest BCUT2D eigenvalue weighted by atomic mass is 16.5. The third-order valence-corrected chi connectivity index (χ3v) is 6.20. The van der Waals surface area contributed by atoms with E-state index in [1.165, 1.54) is 0 Å². The minimum atomic E-state index is -0.380. The van der Waals surface area contributed by atoms with E-state index in [-0.39, 0.29) is 23.4 Å². The first-order valence-electron chi connectivity index (χ1n) is 11.9. The topological polar surface area (TPSA) is 73.7 Å². The summed E-state index contributed by atoms with van der Waals surface area (Å²) in [4.78, 5) is 34.1. The molecule has 0 saturated heterocycles. The third kappa shape index (κ3) is 5.54. The van der Waals surface area contributed by atoms with Gasteiger partial charge in [0.05, 0.1) is 42.6 Å². The standard InChI is InChI=1S/C27H35N3O4/c1-5-21(20-12-8-7-9-13-20)26(31)29(16-18-33-3)24(6-2)25-28-23-15-11-10-14-22(23)27(32)30(25)17-19-34-4/h7-15,21,24H,5-6,16-19H2,1-4H3. The number of hydrogen-bond donors (Lipinski definition) is 0. The van der Waals surface area contributed by atoms with Crippen molar-refractivity contribution in [1.82, 2.24) is 14.5 Å². The van der Waals surface area contributed by atoms with Crippen molar-refractivity contribution in [3.8, 4) is 0 Å². The van der Waals surface area contributed by atoms with Crippen LogP contribution in [0.25, 0.3) is 10.9 Å². The van der Waals surface area contributed by atoms with Gasteiger partial charge < -0.3 is 14.4 Å². The van der Waals surface area contributed by atoms with Gasteiger partial charge in [-0.1, -0.05) is 56.3 Å². The van der Waals surface area contributed by atoms with E-state index in [2.05, 4.69) is 0 Å². The van der Waals surface area contributed by atoms with E-state index >= 15 is 0 Å². The summed E-state index contributed by atoms with van der Waals surface area (Å²) in [5.41, 5.74) is 1.49. The SMILES string of the molecule is CCC(C(=O)N(CCOC)C(CC)c1nc2ccccc2c(=O)n1CCOC)c1ccccc1. The van der Waals surface area contributed by atoms with Gasteiger partial charge in [0.15, 0.2) is 0 Å². The lowest BCUT2D eigenvalue weighted by atomic mass is 9.94. The summed E-state index contributed by atoms with van der Waals surface area (Å²) in [5.74, 6) is 0.306. The second-order valence-corrected chi connectivity index (χ2v) is 8.26. The number of rotatable bonds is 12. The van der Waals surface area contributed by atoms with Crippen LogP contribution < -0.4 is 5.56 Å². The molecular weight excluding hydrogens is 430 g/mol. The number of fused-ring (bicyclic) bond motifs is 1. The van der Waals surface area contributed by atoms with Gasteiger partial charge in [-0.15, -0.1) is 0 Å². The van der Waals surface area contributed by atoms with Crippen molar-refractivity contribution in [1.29, 1.82) is 0 Å². The van der Waals surface area contributed by atoms with Crippen molar-refractivity contribution < 1.29 is 14.3 Å². The number of hydrogen-bond acceptors (Lipinski definition) is 5. The highest BCUT2D eigenvalue weighted by Crippen LogP contribution is 2.30. The summed E-state index contributed by atoms with van der Waals surface area (Å²) in [6, 6.07) is 16.8. The van der Waals surface area contributed by atoms with Crippen molar-refractivity contribution in [3.63, 3.8) is 0 Å². The summed E-state index contributed by atoms with van der Waals surface area (Å²) >= 11 is 0. The van der Waals surface area contributed by atoms with Crippen molar-refractivity contribution >= 4 is 16.8 Å². The predicted molar refractivity (Wildman–Crippen MR) is 134 cm³/mol. The van der Waals surface area contributed by atoms with E-state index in [1.54, 1.807) is 24.9 Å². The van der Waals surface area contributed by atoms with Crippen molar-refractivity contribution in [2.75, 3.05) is 34.0 Å². The number of benzene rings is 2. The Morgan fingerprint density at radius 2 is 1.65 bits per heavy atom. The van der Waals surface area contributed by atoms with Gasteiger partial charge in [0, 0.05) is 20.8 Å². The average Bonchev–Trinajstić information content (AvgIpc) is 2.87. The number of para-hydroxylation sites is 1. The molecule has 0 N–H and O–H groups in total. The minimum Gasteiger partial charge on any atom is -0.383 e. The molecule has 3 rings (SSSR count). The zero-order chi connectivity index (χ0) is 24.5. The van der Waals surface area contributed by atoms with Crippen molar-refractivity contribution in [3.05, 3.63) is 76.3 Å². The van der Waals surface area contributed by atoms with E-state index in [9.17, 15) is 9.59 Å². The number of aromatic nitrogens is 2. The van der Waals surface area contributed by atoms with Crippen LogP contribution in [-0.2, 0) is 20.8 Å². The Kier molecular flexibility index (Phi) is 9.36. The molecule has 0 aliphatic heterocycles. The van der Waals surface area contributed by atoms with Crippen LogP contribution in [0.5, 0.6) is 0 Å². The average molecular weight is 466 g/mol. The van der Waals surface area contributed by atoms with Gasteiger partial charge in [0.2, 0.25) is 5.91 Å². The molecule has 1 aromatic heterocycles. The fourth-order valence-electron chi connectivity index (χ4n) is 4.43. The Balaban J connectivity index is 2.13. The van der Waals surface area contributed by atoms with E-state index in [1.807, 2.05) is 67.3 Å². The molecule has 0 bridgehead atoms. The van der Waals surface area contributed by atoms with Gasteiger partial charge in [0.25, 0.3) is 5.56 Å². The van der Waals surface area contributed by atoms with E-state index in [4.69, 9.17) is 14.5 Å². The van der Waals surface area contributed by atoms with Crippen LogP contribution >= 0.6 is 0 Å². The van der Waals surface area contributed by atoms with Gasteiger partial charge in [0.1, 0.15) is 5.82 Å². The molecule has 0 radical (unpaired) electrons. The van der Waals surface area contributed by atoms with Crippen molar-refractivity contribution in [2.45, 2.75) is 45.2 Å². The molecule has 2 aromatic carbocycles. The van der Waals surface area contributed by atoms with Crippen LogP contribution in [0.4, 0.5) is 0 Å². The summed E-state index contributed by atoms with van der Waals surface area (Å²) in [7, 11) is 3.23. The monoisotopic (exact) mass is 465 g/mol. The number of carbonyl (C=O) groups excluding carboxylic acids is 1. The van der Waals surface area contributed by atoms with Gasteiger partial charge >= 0.3 is 0 Å². The summed E-state index contributed by atoms with van der Waals surface area (Å²) in [6.45, 7) is 5.57. The molecule has 7 nitrogen and oxygen atoms in total. The molecule has 2 unspecified atom stereocenters. The Bertz CT molecular complexity index is 1130. The fraction of sp³-hybridized carbons (Fsp3) is 0.444. The fourth-order valence-corrected chi connectivity index (χ4v) is 4.43. The molecule has 34 heavy (non-hydrogen) atoms. The van der Waals surface area contributed by atoms with Crippen LogP contribution in [0.3, 0.4) is 0 Å². The van der Waals surface area contributed by atoms with Gasteiger partial charge in [-0.25, -0.2) is 4.98 Å². The molecule has 1 amide bonds. The van der Waals surface area contributed by atoms with Crippen LogP contribution in [0.15, 0.2) is 59.4 Å². The zero-order valence-corrected chi connectivity index (χ0v) is 20.6. The minimum absolute atomic E-state index is 0.0123. The van der Waals surface area contributed by atoms with Crippen LogP contribution in [0.1, 0.15) is 50.0 Å². The number of ether oxygens (including phenoxy) is 2. The van der Waals surface area contributed by atoms with Gasteiger partial charge in [-0.05, 0) is 30.5 Å². The van der Waals surface area contributed by atoms with E-state index in [0.29, 0.717) is 55.9 Å². The number of carbonyl (C=O) groups is 1. The molecule has 0 fully saturated rings. The molecule has 2 atom stereocenters. The maximum atomic E-state index is 14.0. The number of methoxy groups -OCH3 is 2. The Morgan fingerprint density at radius 3 is 2.29 bits per heavy atom. The Hall–Kier alpha value is -3.03. The van der Waals surface area contributed by atoms with E-state index in [0.717, 1.165) is 5.56 Å². The summed E-state index contributed by atoms with van der Waals surface area (Å²) in [6.07, 6.45) is 1.28. The van der Waals surface area contributed by atoms with Gasteiger partial charge in [-0.2, -0.15) is 0 Å². The molecule has 0 spiro atoms. The molecule has 0 aliphatic carbocycles. The summed E-state index contributed by atoms with van der Waals surface area (Å²) in [5, 5.41) is 0.558. The molecule has 3 aromatic rings. The summed E-state index contributed by atoms with van der Waals surface area (Å²) < 4.78 is 12.3. The Labute approximate surface area is 201 Å². The first kappa shape index (κ1) is 25.6. The molecule has 0 saturated carbocycles. The first-order valence-corrected chi connectivity index (χ1v) is 11.9. The third-order valence-electron chi connectivity index (χ3n) is 6.20. The molecular formula is C27H35N3O4. The van der Waals surface area contributed by atoms with Crippen molar-refractivity contribution in [2.24, 2.45) is 0 Å². The van der Waals surface area contributed by atoms with E-state index < -0.39 is 0 Å². The van der Waals surface area contributed by atoms with Crippen LogP contribution in [0, 0.1) is 0 Å². The normalized spacial score (nSPS) is 13.1. The highest BCUT2D eigenvalue weighted by molar-refractivity contribution is 5.84. The first-order chi connectivity index (χ1) is 16.6. The maximum absolute atomic E-state index is 14.0. The van der Waals surface area contributed by atoms with Crippen LogP contribution in [0.2, 0.25) is 0 Å². The maximum Gasteiger partial charge on any atom is 0.261 e. The lowest BCUT2D eigenvalue weighted by Gasteiger charge is -2.34. The second kappa shape index (κ2) is 12.4. The number of nitrogens with zero attached hydrogens (tertiary/aromatic N) is 3. The molecule has 1 heterocycles. The molecule has 7 heteroatoms. The smallest absolute Gasteiger partial charge is 0.261 e. The quantitative estimate of drug-likeness (QED) is 0.402. The highest BCUT2D eigenvalue weighted by Gasteiger charge is 2.32. The molecule has 182 valence electrons. The largest absolute Gasteiger partial charge is 0.383 e. The molecule has 0 aliphatic rings. The zero-order valence-electron chi connectivity index (χ0n) is 20.6. The lowest BCUT2D eigenvalue weighted by Crippen LogP contribution is -2.43. The Morgan fingerprint density at radius 1 is 0.971 bits per heavy atom. The van der Waals surface area contributed by atoms with Gasteiger partial charge in [-0.3, -0.25) is 14.2 Å². The number of amides is 1.